The molecule has 0 atom stereocenters. The van der Waals surface area contributed by atoms with E-state index >= 15 is 0 Å². The second-order valence-corrected chi connectivity index (χ2v) is 8.73. The van der Waals surface area contributed by atoms with Crippen molar-refractivity contribution in [3.05, 3.63) is 65.2 Å². The van der Waals surface area contributed by atoms with Gasteiger partial charge in [-0.25, -0.2) is 22.2 Å². The third-order valence-corrected chi connectivity index (χ3v) is 4.72. The Morgan fingerprint density at radius 1 is 1.00 bits per heavy atom. The smallest absolute Gasteiger partial charge is 0.243 e. The Labute approximate surface area is 174 Å². The van der Waals surface area contributed by atoms with E-state index in [0.29, 0.717) is 29.3 Å². The molecular formula is C20H24F2N4O3S. The lowest BCUT2D eigenvalue weighted by molar-refractivity contribution is -0.115. The van der Waals surface area contributed by atoms with Gasteiger partial charge < -0.3 is 16.0 Å². The largest absolute Gasteiger partial charge is 0.357 e. The van der Waals surface area contributed by atoms with E-state index in [2.05, 4.69) is 20.9 Å². The van der Waals surface area contributed by atoms with Crippen LogP contribution < -0.4 is 16.0 Å². The minimum atomic E-state index is -3.29. The van der Waals surface area contributed by atoms with Crippen LogP contribution in [0.3, 0.4) is 0 Å². The average molecular weight is 439 g/mol. The lowest BCUT2D eigenvalue weighted by Crippen LogP contribution is -2.41. The van der Waals surface area contributed by atoms with Gasteiger partial charge in [-0.15, -0.1) is 0 Å². The van der Waals surface area contributed by atoms with Gasteiger partial charge in [0.1, 0.15) is 11.6 Å². The van der Waals surface area contributed by atoms with Gasteiger partial charge in [-0.1, -0.05) is 6.07 Å². The molecule has 0 heterocycles. The first-order chi connectivity index (χ1) is 14.2. The van der Waals surface area contributed by atoms with Crippen LogP contribution in [0.15, 0.2) is 47.5 Å². The Kier molecular flexibility index (Phi) is 8.28. The number of carbonyl (C=O) groups excluding carboxylic acids is 1. The van der Waals surface area contributed by atoms with E-state index in [4.69, 9.17) is 0 Å². The first-order valence-corrected chi connectivity index (χ1v) is 11.2. The fraction of sp³-hybridized carbons (Fsp3) is 0.300. The summed E-state index contributed by atoms with van der Waals surface area (Å²) in [5.41, 5.74) is 1.36. The van der Waals surface area contributed by atoms with Crippen LogP contribution in [-0.4, -0.2) is 39.6 Å². The van der Waals surface area contributed by atoms with Crippen molar-refractivity contribution < 1.29 is 22.0 Å². The summed E-state index contributed by atoms with van der Waals surface area (Å²) in [6.45, 7) is 2.28. The molecule has 0 saturated carbocycles. The number of halogens is 2. The lowest BCUT2D eigenvalue weighted by atomic mass is 10.1. The molecule has 0 fully saturated rings. The summed E-state index contributed by atoms with van der Waals surface area (Å²) in [7, 11) is -3.29. The van der Waals surface area contributed by atoms with Crippen LogP contribution in [0.2, 0.25) is 0 Å². The Bertz CT molecular complexity index is 1010. The number of carbonyl (C=O) groups is 1. The summed E-state index contributed by atoms with van der Waals surface area (Å²) in [6, 6.07) is 9.24. The van der Waals surface area contributed by atoms with E-state index in [9.17, 15) is 22.0 Å². The number of nitrogens with zero attached hydrogens (tertiary/aromatic N) is 1. The minimum Gasteiger partial charge on any atom is -0.357 e. The average Bonchev–Trinajstić information content (AvgIpc) is 2.66. The number of rotatable bonds is 8. The molecule has 162 valence electrons. The topological polar surface area (TPSA) is 99.7 Å². The quantitative estimate of drug-likeness (QED) is 0.434. The van der Waals surface area contributed by atoms with Crippen LogP contribution in [0.5, 0.6) is 0 Å². The summed E-state index contributed by atoms with van der Waals surface area (Å²) in [5.74, 6) is -1.17. The van der Waals surface area contributed by atoms with Crippen molar-refractivity contribution in [3.8, 4) is 0 Å². The number of anilines is 1. The first-order valence-electron chi connectivity index (χ1n) is 9.19. The number of nitrogens with one attached hydrogen (secondary N) is 3. The van der Waals surface area contributed by atoms with Gasteiger partial charge in [0.05, 0.1) is 18.8 Å². The molecule has 3 N–H and O–H groups in total. The van der Waals surface area contributed by atoms with Crippen LogP contribution in [0.1, 0.15) is 18.1 Å². The highest BCUT2D eigenvalue weighted by Crippen LogP contribution is 2.15. The van der Waals surface area contributed by atoms with Gasteiger partial charge in [-0.05, 0) is 54.4 Å². The summed E-state index contributed by atoms with van der Waals surface area (Å²) in [4.78, 5) is 16.4. The van der Waals surface area contributed by atoms with Gasteiger partial charge in [-0.2, -0.15) is 0 Å². The van der Waals surface area contributed by atoms with Crippen molar-refractivity contribution in [2.24, 2.45) is 4.99 Å². The van der Waals surface area contributed by atoms with Gasteiger partial charge in [0, 0.05) is 18.5 Å². The van der Waals surface area contributed by atoms with E-state index in [0.717, 1.165) is 6.26 Å². The molecule has 0 spiro atoms. The molecule has 7 nitrogen and oxygen atoms in total. The number of hydrogen-bond donors (Lipinski definition) is 3. The molecular weight excluding hydrogens is 414 g/mol. The fourth-order valence-corrected chi connectivity index (χ4v) is 3.42. The standard InChI is InChI=1S/C20H24F2N4O3S/c1-3-23-20(25-12-19(27)26-18-8-6-16(21)7-9-18)24-11-15-10-17(22)5-4-14(15)13-30(2,28)29/h4-10H,3,11-13H2,1-2H3,(H,26,27)(H2,23,24,25). The number of amides is 1. The van der Waals surface area contributed by atoms with Gasteiger partial charge in [-0.3, -0.25) is 4.79 Å². The molecule has 0 aliphatic carbocycles. The number of benzene rings is 2. The van der Waals surface area contributed by atoms with Crippen molar-refractivity contribution in [1.82, 2.24) is 10.6 Å². The Hall–Kier alpha value is -3.01. The van der Waals surface area contributed by atoms with Crippen LogP contribution in [0, 0.1) is 11.6 Å². The predicted molar refractivity (Wildman–Crippen MR) is 113 cm³/mol. The maximum atomic E-state index is 13.6. The van der Waals surface area contributed by atoms with Crippen molar-refractivity contribution >= 4 is 27.4 Å². The zero-order valence-electron chi connectivity index (χ0n) is 16.7. The van der Waals surface area contributed by atoms with Crippen molar-refractivity contribution in [1.29, 1.82) is 0 Å². The number of guanidine groups is 1. The zero-order chi connectivity index (χ0) is 22.1. The molecule has 2 aromatic carbocycles. The predicted octanol–water partition coefficient (Wildman–Crippen LogP) is 2.20. The van der Waals surface area contributed by atoms with Crippen LogP contribution >= 0.6 is 0 Å². The fourth-order valence-electron chi connectivity index (χ4n) is 2.57. The van der Waals surface area contributed by atoms with E-state index in [-0.39, 0.29) is 24.7 Å². The SMILES string of the molecule is CCNC(=NCc1cc(F)ccc1CS(C)(=O)=O)NCC(=O)Nc1ccc(F)cc1. The molecule has 2 rings (SSSR count). The van der Waals surface area contributed by atoms with Gasteiger partial charge >= 0.3 is 0 Å². The molecule has 0 saturated heterocycles. The first kappa shape index (κ1) is 23.3. The summed E-state index contributed by atoms with van der Waals surface area (Å²) in [6.07, 6.45) is 1.11. The van der Waals surface area contributed by atoms with Gasteiger partial charge in [0.15, 0.2) is 15.8 Å². The normalized spacial score (nSPS) is 11.8. The van der Waals surface area contributed by atoms with Crippen molar-refractivity contribution in [3.63, 3.8) is 0 Å². The third kappa shape index (κ3) is 8.16. The molecule has 10 heteroatoms. The lowest BCUT2D eigenvalue weighted by Gasteiger charge is -2.13. The second kappa shape index (κ2) is 10.7. The van der Waals surface area contributed by atoms with E-state index < -0.39 is 21.5 Å². The summed E-state index contributed by atoms with van der Waals surface area (Å²) >= 11 is 0. The molecule has 1 amide bonds. The van der Waals surface area contributed by atoms with Crippen LogP contribution in [-0.2, 0) is 26.9 Å². The molecule has 0 bridgehead atoms. The molecule has 0 aliphatic heterocycles. The number of aliphatic imine (C=N–C) groups is 1. The Morgan fingerprint density at radius 3 is 2.30 bits per heavy atom. The van der Waals surface area contributed by atoms with E-state index in [1.54, 1.807) is 0 Å². The molecule has 0 aromatic heterocycles. The molecule has 2 aromatic rings. The zero-order valence-corrected chi connectivity index (χ0v) is 17.5. The Morgan fingerprint density at radius 2 is 1.67 bits per heavy atom. The molecule has 0 unspecified atom stereocenters. The molecule has 0 radical (unpaired) electrons. The highest BCUT2D eigenvalue weighted by Gasteiger charge is 2.11. The highest BCUT2D eigenvalue weighted by atomic mass is 32.2. The van der Waals surface area contributed by atoms with E-state index in [1.807, 2.05) is 6.92 Å². The highest BCUT2D eigenvalue weighted by molar-refractivity contribution is 7.89. The van der Waals surface area contributed by atoms with E-state index in [1.165, 1.54) is 42.5 Å². The maximum Gasteiger partial charge on any atom is 0.243 e. The number of hydrogen-bond acceptors (Lipinski definition) is 4. The van der Waals surface area contributed by atoms with Gasteiger partial charge in [0.25, 0.3) is 0 Å². The summed E-state index contributed by atoms with van der Waals surface area (Å²) < 4.78 is 49.8. The summed E-state index contributed by atoms with van der Waals surface area (Å²) in [5, 5.41) is 8.42. The molecule has 0 aliphatic rings. The molecule has 30 heavy (non-hydrogen) atoms. The van der Waals surface area contributed by atoms with Gasteiger partial charge in [0.2, 0.25) is 5.91 Å². The Balaban J connectivity index is 2.04. The number of sulfone groups is 1. The third-order valence-electron chi connectivity index (χ3n) is 3.88. The van der Waals surface area contributed by atoms with Crippen LogP contribution in [0.4, 0.5) is 14.5 Å². The maximum absolute atomic E-state index is 13.6. The minimum absolute atomic E-state index is 0.0253. The second-order valence-electron chi connectivity index (χ2n) is 6.59. The van der Waals surface area contributed by atoms with Crippen LogP contribution in [0.25, 0.3) is 0 Å². The van der Waals surface area contributed by atoms with Crippen molar-refractivity contribution in [2.45, 2.75) is 19.2 Å². The monoisotopic (exact) mass is 438 g/mol. The van der Waals surface area contributed by atoms with Crippen molar-refractivity contribution in [2.75, 3.05) is 24.7 Å².